The van der Waals surface area contributed by atoms with Gasteiger partial charge in [-0.1, -0.05) is 49.2 Å². The van der Waals surface area contributed by atoms with Gasteiger partial charge < -0.3 is 9.47 Å². The lowest BCUT2D eigenvalue weighted by atomic mass is 10.0. The monoisotopic (exact) mass is 467 g/mol. The number of aromatic nitrogens is 2. The minimum absolute atomic E-state index is 0.138. The summed E-state index contributed by atoms with van der Waals surface area (Å²) in [5.74, 6) is 1.53. The van der Waals surface area contributed by atoms with E-state index in [9.17, 15) is 5.26 Å². The normalized spacial score (nSPS) is 17.0. The van der Waals surface area contributed by atoms with E-state index in [2.05, 4.69) is 57.6 Å². The molecule has 2 aromatic carbocycles. The molecule has 2 heterocycles. The van der Waals surface area contributed by atoms with Crippen LogP contribution in [0.1, 0.15) is 42.8 Å². The van der Waals surface area contributed by atoms with Gasteiger partial charge in [-0.2, -0.15) is 5.26 Å². The van der Waals surface area contributed by atoms with Crippen molar-refractivity contribution in [2.75, 3.05) is 31.1 Å². The molecule has 0 radical (unpaired) electrons. The highest BCUT2D eigenvalue weighted by molar-refractivity contribution is 6.33. The Morgan fingerprint density at radius 2 is 1.88 bits per heavy atom. The lowest BCUT2D eigenvalue weighted by Gasteiger charge is -2.43. The fourth-order valence-electron chi connectivity index (χ4n) is 4.37. The molecule has 3 aromatic rings. The second-order valence-electron chi connectivity index (χ2n) is 8.47. The first kappa shape index (κ1) is 22.7. The Hall–Kier alpha value is -2.52. The van der Waals surface area contributed by atoms with E-state index in [1.807, 2.05) is 30.5 Å². The molecule has 0 spiro atoms. The van der Waals surface area contributed by atoms with E-state index in [-0.39, 0.29) is 6.04 Å². The maximum absolute atomic E-state index is 9.20. The van der Waals surface area contributed by atoms with Crippen molar-refractivity contribution in [1.82, 2.24) is 14.5 Å². The smallest absolute Gasteiger partial charge is 0.111 e. The number of anilines is 1. The molecule has 0 aliphatic carbocycles. The van der Waals surface area contributed by atoms with Crippen LogP contribution >= 0.6 is 23.2 Å². The molecule has 1 saturated heterocycles. The van der Waals surface area contributed by atoms with E-state index in [0.29, 0.717) is 16.5 Å². The van der Waals surface area contributed by atoms with Gasteiger partial charge in [-0.15, -0.1) is 0 Å². The number of imidazole rings is 1. The number of nitrogens with zero attached hydrogens (tertiary/aromatic N) is 5. The molecule has 32 heavy (non-hydrogen) atoms. The topological polar surface area (TPSA) is 48.1 Å². The van der Waals surface area contributed by atoms with E-state index in [0.717, 1.165) is 49.3 Å². The summed E-state index contributed by atoms with van der Waals surface area (Å²) in [5, 5.41) is 10.5. The third-order valence-corrected chi connectivity index (χ3v) is 6.58. The van der Waals surface area contributed by atoms with Crippen LogP contribution in [0.2, 0.25) is 10.0 Å². The van der Waals surface area contributed by atoms with Crippen LogP contribution in [0.3, 0.4) is 0 Å². The molecule has 1 unspecified atom stereocenters. The third kappa shape index (κ3) is 4.94. The zero-order chi connectivity index (χ0) is 22.7. The lowest BCUT2D eigenvalue weighted by molar-refractivity contribution is 0.215. The first-order valence-corrected chi connectivity index (χ1v) is 11.7. The van der Waals surface area contributed by atoms with Gasteiger partial charge in [-0.25, -0.2) is 4.98 Å². The van der Waals surface area contributed by atoms with Gasteiger partial charge in [-0.3, -0.25) is 4.90 Å². The first-order chi connectivity index (χ1) is 15.5. The van der Waals surface area contributed by atoms with Crippen molar-refractivity contribution < 1.29 is 0 Å². The summed E-state index contributed by atoms with van der Waals surface area (Å²) < 4.78 is 2.26. The number of halogens is 2. The highest BCUT2D eigenvalue weighted by Gasteiger charge is 2.29. The van der Waals surface area contributed by atoms with E-state index >= 15 is 0 Å². The molecule has 166 valence electrons. The Kier molecular flexibility index (Phi) is 7.05. The van der Waals surface area contributed by atoms with Gasteiger partial charge in [0, 0.05) is 56.1 Å². The second kappa shape index (κ2) is 9.95. The third-order valence-electron chi connectivity index (χ3n) is 6.03. The van der Waals surface area contributed by atoms with Crippen LogP contribution in [0.5, 0.6) is 0 Å². The lowest BCUT2D eigenvalue weighted by Crippen LogP contribution is -2.49. The highest BCUT2D eigenvalue weighted by atomic mass is 35.5. The molecule has 0 N–H and O–H groups in total. The molecule has 7 heteroatoms. The largest absolute Gasteiger partial charge is 0.361 e. The van der Waals surface area contributed by atoms with E-state index in [4.69, 9.17) is 23.2 Å². The van der Waals surface area contributed by atoms with Crippen molar-refractivity contribution in [3.63, 3.8) is 0 Å². The maximum atomic E-state index is 9.20. The van der Waals surface area contributed by atoms with Crippen LogP contribution in [-0.4, -0.2) is 40.6 Å². The van der Waals surface area contributed by atoms with Crippen molar-refractivity contribution in [1.29, 1.82) is 5.26 Å². The van der Waals surface area contributed by atoms with Crippen molar-refractivity contribution in [3.05, 3.63) is 81.9 Å². The van der Waals surface area contributed by atoms with Crippen molar-refractivity contribution in [2.24, 2.45) is 0 Å². The Morgan fingerprint density at radius 3 is 2.56 bits per heavy atom. The minimum atomic E-state index is 0.138. The number of hydrogen-bond acceptors (Lipinski definition) is 4. The van der Waals surface area contributed by atoms with Crippen LogP contribution in [0.15, 0.2) is 54.9 Å². The van der Waals surface area contributed by atoms with Crippen molar-refractivity contribution >= 4 is 28.9 Å². The summed E-state index contributed by atoms with van der Waals surface area (Å²) in [4.78, 5) is 9.36. The molecule has 5 nitrogen and oxygen atoms in total. The minimum Gasteiger partial charge on any atom is -0.361 e. The molecule has 1 atom stereocenters. The van der Waals surface area contributed by atoms with Crippen molar-refractivity contribution in [2.45, 2.75) is 32.4 Å². The Balaban J connectivity index is 1.56. The quantitative estimate of drug-likeness (QED) is 0.462. The molecule has 0 saturated carbocycles. The fourth-order valence-corrected chi connectivity index (χ4v) is 4.79. The summed E-state index contributed by atoms with van der Waals surface area (Å²) in [6.45, 7) is 8.88. The van der Waals surface area contributed by atoms with Crippen LogP contribution in [0.25, 0.3) is 0 Å². The second-order valence-corrected chi connectivity index (χ2v) is 9.32. The fraction of sp³-hybridized carbons (Fsp3) is 0.360. The average Bonchev–Trinajstić information content (AvgIpc) is 3.27. The van der Waals surface area contributed by atoms with Gasteiger partial charge in [0.1, 0.15) is 5.82 Å². The van der Waals surface area contributed by atoms with Gasteiger partial charge in [0.2, 0.25) is 0 Å². The number of benzene rings is 2. The number of hydrogen-bond donors (Lipinski definition) is 0. The zero-order valence-corrected chi connectivity index (χ0v) is 19.9. The molecular formula is C25H27Cl2N5. The standard InChI is InChI=1S/C25H27Cl2N5/c1-18(2)25-29-9-10-31(25)13-11-30-12-14-32(23-8-3-19(16-28)15-22(23)27)24(17-30)20-4-6-21(26)7-5-20/h3-10,15,18,24H,11-14,17H2,1-2H3. The van der Waals surface area contributed by atoms with E-state index in [1.54, 1.807) is 6.07 Å². The van der Waals surface area contributed by atoms with Gasteiger partial charge in [0.15, 0.2) is 0 Å². The van der Waals surface area contributed by atoms with Crippen LogP contribution < -0.4 is 4.90 Å². The SMILES string of the molecule is CC(C)c1nccn1CCN1CCN(c2ccc(C#N)cc2Cl)C(c2ccc(Cl)cc2)C1. The highest BCUT2D eigenvalue weighted by Crippen LogP contribution is 2.36. The number of nitriles is 1. The molecule has 1 fully saturated rings. The molecule has 0 amide bonds. The summed E-state index contributed by atoms with van der Waals surface area (Å²) in [6.07, 6.45) is 3.95. The first-order valence-electron chi connectivity index (χ1n) is 10.9. The predicted molar refractivity (Wildman–Crippen MR) is 130 cm³/mol. The summed E-state index contributed by atoms with van der Waals surface area (Å²) in [7, 11) is 0. The molecule has 4 rings (SSSR count). The summed E-state index contributed by atoms with van der Waals surface area (Å²) >= 11 is 12.7. The summed E-state index contributed by atoms with van der Waals surface area (Å²) in [6, 6.07) is 15.9. The van der Waals surface area contributed by atoms with Gasteiger partial charge in [-0.05, 0) is 35.9 Å². The van der Waals surface area contributed by atoms with E-state index < -0.39 is 0 Å². The number of rotatable bonds is 6. The average molecular weight is 468 g/mol. The van der Waals surface area contributed by atoms with Gasteiger partial charge in [0.25, 0.3) is 0 Å². The Morgan fingerprint density at radius 1 is 1.09 bits per heavy atom. The predicted octanol–water partition coefficient (Wildman–Crippen LogP) is 5.75. The van der Waals surface area contributed by atoms with Crippen molar-refractivity contribution in [3.8, 4) is 6.07 Å². The van der Waals surface area contributed by atoms with E-state index in [1.165, 1.54) is 5.56 Å². The molecule has 1 aliphatic rings. The van der Waals surface area contributed by atoms with Crippen LogP contribution in [-0.2, 0) is 6.54 Å². The Bertz CT molecular complexity index is 1100. The maximum Gasteiger partial charge on any atom is 0.111 e. The van der Waals surface area contributed by atoms with Gasteiger partial charge >= 0.3 is 0 Å². The molecule has 1 aromatic heterocycles. The Labute approximate surface area is 199 Å². The zero-order valence-electron chi connectivity index (χ0n) is 18.4. The molecule has 1 aliphatic heterocycles. The van der Waals surface area contributed by atoms with Gasteiger partial charge in [0.05, 0.1) is 28.4 Å². The molecular weight excluding hydrogens is 441 g/mol. The molecule has 0 bridgehead atoms. The van der Waals surface area contributed by atoms with Crippen LogP contribution in [0, 0.1) is 11.3 Å². The van der Waals surface area contributed by atoms with Crippen LogP contribution in [0.4, 0.5) is 5.69 Å². The summed E-state index contributed by atoms with van der Waals surface area (Å²) in [5.41, 5.74) is 2.73. The number of piperazine rings is 1.